The fraction of sp³-hybridized carbons (Fsp3) is 0.270. The number of aliphatic hydroxyl groups is 3. The molecule has 6 aromatic rings. The minimum atomic E-state index is -1.35. The molecule has 43 heteroatoms. The van der Waals surface area contributed by atoms with Crippen LogP contribution in [0.25, 0.3) is 0 Å². The van der Waals surface area contributed by atoms with Crippen LogP contribution >= 0.6 is 430 Å². The van der Waals surface area contributed by atoms with E-state index in [1.165, 1.54) is 48.9 Å². The van der Waals surface area contributed by atoms with Gasteiger partial charge in [-0.3, -0.25) is 28.8 Å². The molecule has 0 saturated heterocycles. The predicted octanol–water partition coefficient (Wildman–Crippen LogP) is 16.8. The van der Waals surface area contributed by atoms with Gasteiger partial charge in [-0.1, -0.05) is 0 Å². The summed E-state index contributed by atoms with van der Waals surface area (Å²) >= 11 is 41.9. The van der Waals surface area contributed by atoms with Crippen molar-refractivity contribution in [3.63, 3.8) is 0 Å². The Balaban J connectivity index is 0.000000336. The average molecular weight is 3520 g/mol. The van der Waals surface area contributed by atoms with Gasteiger partial charge >= 0.3 is 59.7 Å². The van der Waals surface area contributed by atoms with E-state index in [2.05, 4.69) is 341 Å². The molecule has 106 heavy (non-hydrogen) atoms. The van der Waals surface area contributed by atoms with Gasteiger partial charge in [-0.25, -0.2) is 19.2 Å². The van der Waals surface area contributed by atoms with Crippen LogP contribution in [-0.2, 0) is 87.8 Å². The molecule has 6 rings (SSSR count). The van der Waals surface area contributed by atoms with Crippen LogP contribution in [0.2, 0.25) is 0 Å². The van der Waals surface area contributed by atoms with Gasteiger partial charge in [-0.2, -0.15) is 0 Å². The van der Waals surface area contributed by atoms with E-state index in [9.17, 15) is 63.3 Å². The lowest BCUT2D eigenvalue weighted by Crippen LogP contribution is -2.28. The van der Waals surface area contributed by atoms with Crippen LogP contribution in [0, 0.1) is 64.3 Å². The van der Waals surface area contributed by atoms with Gasteiger partial charge in [-0.05, 0) is 491 Å². The highest BCUT2D eigenvalue weighted by Gasteiger charge is 2.24. The summed E-state index contributed by atoms with van der Waals surface area (Å²) in [6.07, 6.45) is -5.03. The summed E-state index contributed by atoms with van der Waals surface area (Å²) < 4.78 is 67.4. The van der Waals surface area contributed by atoms with Gasteiger partial charge in [0.1, 0.15) is 70.8 Å². The third-order valence-corrected chi connectivity index (χ3v) is 35.5. The number of benzene rings is 6. The molecule has 6 aromatic carbocycles. The Kier molecular flexibility index (Phi) is 52.1. The van der Waals surface area contributed by atoms with Gasteiger partial charge in [0, 0.05) is 61.5 Å². The SMILES string of the molecule is O=C(CC(=O)Oc1c(I)cc(I)cc1I)OCC(O)COC(=O)CC(=O)Oc1c(I)cc(I)cc1I.O=C(COC(=O)c1cc(I)c(I)c(I)c1)OCC(O)COC(=O)COC(=O)c1cc(I)c(I)c(I)c1.O=C(CSCc1cc(I)cc(I)c1I)OCC(O)COC(=O)CSCc1cc(I)cc(I)c1I. The zero-order valence-corrected chi connectivity index (χ0v) is 93.2. The number of carbonyl (C=O) groups excluding carboxylic acids is 10. The first kappa shape index (κ1) is 102. The number of hydrogen-bond donors (Lipinski definition) is 3. The van der Waals surface area contributed by atoms with Gasteiger partial charge in [0.15, 0.2) is 24.7 Å². The summed E-state index contributed by atoms with van der Waals surface area (Å²) in [4.78, 5) is 120. The van der Waals surface area contributed by atoms with Crippen LogP contribution in [0.15, 0.2) is 72.8 Å². The van der Waals surface area contributed by atoms with Crippen molar-refractivity contribution in [2.45, 2.75) is 42.7 Å². The lowest BCUT2D eigenvalue weighted by atomic mass is 10.2. The Morgan fingerprint density at radius 3 is 0.830 bits per heavy atom. The smallest absolute Gasteiger partial charge is 0.344 e. The van der Waals surface area contributed by atoms with Gasteiger partial charge in [0.25, 0.3) is 0 Å². The quantitative estimate of drug-likeness (QED) is 0.00672. The molecule has 0 aromatic heterocycles. The van der Waals surface area contributed by atoms with Crippen LogP contribution in [0.5, 0.6) is 11.5 Å². The normalized spacial score (nSPS) is 10.8. The van der Waals surface area contributed by atoms with Gasteiger partial charge < -0.3 is 62.7 Å². The molecular formula is C63H46I18O23S2. The molecule has 0 amide bonds. The summed E-state index contributed by atoms with van der Waals surface area (Å²) in [7, 11) is 0. The van der Waals surface area contributed by atoms with Crippen LogP contribution < -0.4 is 9.47 Å². The minimum absolute atomic E-state index is 0.192. The monoisotopic (exact) mass is 3520 g/mol. The molecule has 0 aliphatic rings. The number of carbonyl (C=O) groups is 10. The highest BCUT2D eigenvalue weighted by atomic mass is 127. The zero-order chi connectivity index (χ0) is 79.2. The van der Waals surface area contributed by atoms with E-state index < -0.39 is 130 Å². The van der Waals surface area contributed by atoms with Crippen molar-refractivity contribution in [3.8, 4) is 11.5 Å². The minimum Gasteiger partial charge on any atom is -0.462 e. The van der Waals surface area contributed by atoms with Crippen molar-refractivity contribution >= 4 is 490 Å². The molecular weight excluding hydrogens is 3470 g/mol. The van der Waals surface area contributed by atoms with Crippen LogP contribution in [0.3, 0.4) is 0 Å². The third-order valence-electron chi connectivity index (χ3n) is 11.7. The number of ether oxygens (including phenoxy) is 10. The van der Waals surface area contributed by atoms with Gasteiger partial charge in [0.2, 0.25) is 0 Å². The molecule has 0 heterocycles. The molecule has 0 aliphatic heterocycles. The molecule has 0 spiro atoms. The maximum absolute atomic E-state index is 12.1. The Bertz CT molecular complexity index is 3850. The maximum Gasteiger partial charge on any atom is 0.344 e. The summed E-state index contributed by atoms with van der Waals surface area (Å²) in [6, 6.07) is 22.3. The van der Waals surface area contributed by atoms with Crippen molar-refractivity contribution < 1.29 is 111 Å². The fourth-order valence-corrected chi connectivity index (χ4v) is 25.8. The molecule has 0 atom stereocenters. The number of thioether (sulfide) groups is 2. The first-order valence-corrected chi connectivity index (χ1v) is 50.3. The Morgan fingerprint density at radius 2 is 0.538 bits per heavy atom. The highest BCUT2D eigenvalue weighted by Crippen LogP contribution is 2.33. The number of halogens is 18. The second-order valence-electron chi connectivity index (χ2n) is 20.1. The summed E-state index contributed by atoms with van der Waals surface area (Å²) in [5, 5.41) is 29.7. The Hall–Kier alpha value is 3.74. The summed E-state index contributed by atoms with van der Waals surface area (Å²) in [5.74, 6) is -4.86. The van der Waals surface area contributed by atoms with E-state index in [-0.39, 0.29) is 24.7 Å². The molecule has 3 N–H and O–H groups in total. The second kappa shape index (κ2) is 54.1. The van der Waals surface area contributed by atoms with Crippen molar-refractivity contribution in [1.82, 2.24) is 0 Å². The van der Waals surface area contributed by atoms with Gasteiger partial charge in [0.05, 0.1) is 36.9 Å². The van der Waals surface area contributed by atoms with Crippen molar-refractivity contribution in [2.24, 2.45) is 0 Å². The molecule has 23 nitrogen and oxygen atoms in total. The largest absolute Gasteiger partial charge is 0.462 e. The topological polar surface area (TPSA) is 324 Å². The molecule has 0 saturated carbocycles. The third kappa shape index (κ3) is 39.7. The number of hydrogen-bond acceptors (Lipinski definition) is 25. The summed E-state index contributed by atoms with van der Waals surface area (Å²) in [5.41, 5.74) is 2.98. The predicted molar refractivity (Wildman–Crippen MR) is 545 cm³/mol. The average Bonchev–Trinajstić information content (AvgIpc) is 0.876. The van der Waals surface area contributed by atoms with E-state index in [4.69, 9.17) is 47.4 Å². The standard InChI is InChI=1S/2C21H14I6O9.C21H18I6O5S2/c22-9-1-12(24)20(13(25)2-9)35-18(31)5-16(29)33-7-11(28)8-34-17(30)6-19(32)36-21-14(26)3-10(23)4-15(21)27;22-12-1-9(2-13(23)18(12)26)20(31)35-7-16(29)33-5-11(28)6-34-17(30)8-36-21(32)10-3-14(24)19(27)15(25)4-10;22-13-1-11(20(26)16(24)3-13)7-33-9-18(29)31-5-15(28)6-32-19(30)10-34-8-12-2-14(23)4-17(25)21(12)27/h2*1-4,11,28H,5-8H2;1-4,15,28H,5-10H2. The van der Waals surface area contributed by atoms with Crippen molar-refractivity contribution in [1.29, 1.82) is 0 Å². The van der Waals surface area contributed by atoms with Crippen LogP contribution in [0.4, 0.5) is 0 Å². The first-order chi connectivity index (χ1) is 49.8. The van der Waals surface area contributed by atoms with E-state index in [0.717, 1.165) is 50.0 Å². The molecule has 574 valence electrons. The number of rotatable bonds is 32. The Labute approximate surface area is 861 Å². The lowest BCUT2D eigenvalue weighted by molar-refractivity contribution is -0.158. The van der Waals surface area contributed by atoms with E-state index >= 15 is 0 Å². The first-order valence-electron chi connectivity index (χ1n) is 28.5. The molecule has 0 bridgehead atoms. The maximum atomic E-state index is 12.1. The van der Waals surface area contributed by atoms with E-state index in [0.29, 0.717) is 34.1 Å². The lowest BCUT2D eigenvalue weighted by Gasteiger charge is -2.13. The molecule has 0 aliphatic carbocycles. The molecule has 0 radical (unpaired) electrons. The zero-order valence-electron chi connectivity index (χ0n) is 52.7. The van der Waals surface area contributed by atoms with Crippen LogP contribution in [-0.4, -0.2) is 158 Å². The molecule has 0 unspecified atom stereocenters. The van der Waals surface area contributed by atoms with Crippen molar-refractivity contribution in [3.05, 3.63) is 159 Å². The van der Waals surface area contributed by atoms with Gasteiger partial charge in [-0.15, -0.1) is 23.5 Å². The Morgan fingerprint density at radius 1 is 0.292 bits per heavy atom. The summed E-state index contributed by atoms with van der Waals surface area (Å²) in [6.45, 7) is -3.67. The van der Waals surface area contributed by atoms with Crippen LogP contribution in [0.1, 0.15) is 44.7 Å². The number of aliphatic hydroxyl groups excluding tert-OH is 3. The highest BCUT2D eigenvalue weighted by molar-refractivity contribution is 14.1. The van der Waals surface area contributed by atoms with Crippen molar-refractivity contribution in [2.75, 3.05) is 64.4 Å². The van der Waals surface area contributed by atoms with E-state index in [1.807, 2.05) is 115 Å². The van der Waals surface area contributed by atoms with E-state index in [1.54, 1.807) is 24.3 Å². The second-order valence-corrected chi connectivity index (χ2v) is 43.0. The number of esters is 10. The fourth-order valence-electron chi connectivity index (χ4n) is 7.02. The molecule has 0 fully saturated rings.